The van der Waals surface area contributed by atoms with E-state index in [1.54, 1.807) is 19.5 Å². The molecule has 1 atom stereocenters. The molecule has 0 saturated heterocycles. The minimum atomic E-state index is -0.392. The van der Waals surface area contributed by atoms with Crippen LogP contribution in [-0.4, -0.2) is 45.9 Å². The molecule has 0 aliphatic heterocycles. The Labute approximate surface area is 167 Å². The average Bonchev–Trinajstić information content (AvgIpc) is 3.14. The first-order valence-electron chi connectivity index (χ1n) is 9.02. The molecule has 0 aromatic carbocycles. The molecule has 3 aromatic heterocycles. The van der Waals surface area contributed by atoms with E-state index in [9.17, 15) is 0 Å². The van der Waals surface area contributed by atoms with Gasteiger partial charge in [-0.25, -0.2) is 4.98 Å². The van der Waals surface area contributed by atoms with E-state index in [1.807, 2.05) is 25.1 Å². The van der Waals surface area contributed by atoms with E-state index in [0.29, 0.717) is 23.5 Å². The van der Waals surface area contributed by atoms with Crippen molar-refractivity contribution < 1.29 is 4.74 Å². The molecular weight excluding hydrogens is 374 g/mol. The van der Waals surface area contributed by atoms with Gasteiger partial charge < -0.3 is 10.1 Å². The number of hydrogen-bond donors (Lipinski definition) is 2. The number of hydrogen-bond acceptors (Lipinski definition) is 9. The average molecular weight is 398 g/mol. The van der Waals surface area contributed by atoms with Crippen LogP contribution in [0.2, 0.25) is 0 Å². The summed E-state index contributed by atoms with van der Waals surface area (Å²) in [4.78, 5) is 13.2. The smallest absolute Gasteiger partial charge is 0.211 e. The second-order valence-electron chi connectivity index (χ2n) is 6.41. The van der Waals surface area contributed by atoms with Crippen LogP contribution in [0, 0.1) is 5.41 Å². The summed E-state index contributed by atoms with van der Waals surface area (Å²) in [6.45, 7) is 6.45. The Morgan fingerprint density at radius 3 is 2.82 bits per heavy atom. The number of anilines is 2. The van der Waals surface area contributed by atoms with Gasteiger partial charge in [0.1, 0.15) is 10.8 Å². The molecule has 0 fully saturated rings. The zero-order valence-electron chi connectivity index (χ0n) is 16.3. The molecule has 0 amide bonds. The molecule has 8 nitrogen and oxygen atoms in total. The van der Waals surface area contributed by atoms with Gasteiger partial charge in [-0.05, 0) is 30.7 Å². The molecule has 146 valence electrons. The fourth-order valence-electron chi connectivity index (χ4n) is 2.59. The van der Waals surface area contributed by atoms with Gasteiger partial charge in [0.05, 0.1) is 23.6 Å². The molecule has 0 bridgehead atoms. The van der Waals surface area contributed by atoms with Crippen LogP contribution in [0.15, 0.2) is 29.4 Å². The maximum absolute atomic E-state index is 8.13. The summed E-state index contributed by atoms with van der Waals surface area (Å²) in [6.07, 6.45) is 3.41. The fraction of sp³-hybridized carbons (Fsp3) is 0.368. The SMILES string of the molecule is CCOC(=N)C(C=NC)c1cnc2ccc(Nc3nnc(C(C)C)s3)nc2c1. The minimum absolute atomic E-state index is 0.138. The van der Waals surface area contributed by atoms with Crippen molar-refractivity contribution in [3.05, 3.63) is 35.0 Å². The molecule has 0 spiro atoms. The monoisotopic (exact) mass is 397 g/mol. The molecule has 2 N–H and O–H groups in total. The first kappa shape index (κ1) is 19.8. The number of rotatable bonds is 7. The number of ether oxygens (including phenoxy) is 1. The second-order valence-corrected chi connectivity index (χ2v) is 7.42. The quantitative estimate of drug-likeness (QED) is 0.458. The fourth-order valence-corrected chi connectivity index (χ4v) is 3.34. The highest BCUT2D eigenvalue weighted by atomic mass is 32.1. The van der Waals surface area contributed by atoms with E-state index in [1.165, 1.54) is 11.3 Å². The van der Waals surface area contributed by atoms with Crippen molar-refractivity contribution in [2.45, 2.75) is 32.6 Å². The summed E-state index contributed by atoms with van der Waals surface area (Å²) >= 11 is 1.51. The van der Waals surface area contributed by atoms with Crippen LogP contribution in [0.25, 0.3) is 11.0 Å². The van der Waals surface area contributed by atoms with Crippen LogP contribution in [-0.2, 0) is 4.74 Å². The van der Waals surface area contributed by atoms with Gasteiger partial charge in [-0.15, -0.1) is 10.2 Å². The van der Waals surface area contributed by atoms with Crippen molar-refractivity contribution in [2.75, 3.05) is 19.0 Å². The summed E-state index contributed by atoms with van der Waals surface area (Å²) < 4.78 is 5.37. The third-order valence-corrected chi connectivity index (χ3v) is 5.11. The second kappa shape index (κ2) is 8.83. The van der Waals surface area contributed by atoms with E-state index in [4.69, 9.17) is 10.1 Å². The topological polar surface area (TPSA) is 109 Å². The van der Waals surface area contributed by atoms with Crippen LogP contribution < -0.4 is 5.32 Å². The van der Waals surface area contributed by atoms with Crippen molar-refractivity contribution in [2.24, 2.45) is 4.99 Å². The molecule has 0 aliphatic rings. The van der Waals surface area contributed by atoms with Crippen molar-refractivity contribution in [1.29, 1.82) is 5.41 Å². The Hall–Kier alpha value is -2.94. The molecule has 0 aliphatic carbocycles. The highest BCUT2D eigenvalue weighted by Gasteiger charge is 2.18. The maximum atomic E-state index is 8.13. The number of aliphatic imine (C=N–C) groups is 1. The summed E-state index contributed by atoms with van der Waals surface area (Å²) in [5.41, 5.74) is 2.29. The van der Waals surface area contributed by atoms with Crippen molar-refractivity contribution in [3.8, 4) is 0 Å². The largest absolute Gasteiger partial charge is 0.481 e. The zero-order chi connectivity index (χ0) is 20.1. The third-order valence-electron chi connectivity index (χ3n) is 3.97. The van der Waals surface area contributed by atoms with Crippen LogP contribution in [0.3, 0.4) is 0 Å². The van der Waals surface area contributed by atoms with Gasteiger partial charge >= 0.3 is 0 Å². The zero-order valence-corrected chi connectivity index (χ0v) is 17.1. The van der Waals surface area contributed by atoms with Gasteiger partial charge in [-0.2, -0.15) is 0 Å². The summed E-state index contributed by atoms with van der Waals surface area (Å²) in [5.74, 6) is 0.747. The minimum Gasteiger partial charge on any atom is -0.481 e. The number of nitrogens with zero attached hydrogens (tertiary/aromatic N) is 5. The van der Waals surface area contributed by atoms with Crippen LogP contribution >= 0.6 is 11.3 Å². The Morgan fingerprint density at radius 2 is 2.14 bits per heavy atom. The molecule has 3 rings (SSSR count). The van der Waals surface area contributed by atoms with Gasteiger partial charge in [-0.3, -0.25) is 15.4 Å². The van der Waals surface area contributed by atoms with Gasteiger partial charge in [0.25, 0.3) is 0 Å². The van der Waals surface area contributed by atoms with E-state index >= 15 is 0 Å². The first-order chi connectivity index (χ1) is 13.5. The lowest BCUT2D eigenvalue weighted by Crippen LogP contribution is -2.17. The highest BCUT2D eigenvalue weighted by Crippen LogP contribution is 2.26. The van der Waals surface area contributed by atoms with Crippen molar-refractivity contribution in [3.63, 3.8) is 0 Å². The molecule has 28 heavy (non-hydrogen) atoms. The van der Waals surface area contributed by atoms with E-state index in [0.717, 1.165) is 21.6 Å². The molecule has 3 aromatic rings. The number of nitrogens with one attached hydrogen (secondary N) is 2. The molecule has 0 saturated carbocycles. The summed E-state index contributed by atoms with van der Waals surface area (Å²) in [7, 11) is 1.68. The Balaban J connectivity index is 1.90. The molecular formula is C19H23N7OS. The van der Waals surface area contributed by atoms with E-state index in [2.05, 4.69) is 44.3 Å². The van der Waals surface area contributed by atoms with E-state index in [-0.39, 0.29) is 5.90 Å². The Bertz CT molecular complexity index is 999. The molecule has 3 heterocycles. The van der Waals surface area contributed by atoms with Crippen molar-refractivity contribution in [1.82, 2.24) is 20.2 Å². The predicted molar refractivity (Wildman–Crippen MR) is 113 cm³/mol. The van der Waals surface area contributed by atoms with Gasteiger partial charge in [0, 0.05) is 25.4 Å². The lowest BCUT2D eigenvalue weighted by Gasteiger charge is -2.14. The Kier molecular flexibility index (Phi) is 6.25. The van der Waals surface area contributed by atoms with Crippen LogP contribution in [0.1, 0.15) is 43.2 Å². The molecule has 1 unspecified atom stereocenters. The number of pyridine rings is 2. The highest BCUT2D eigenvalue weighted by molar-refractivity contribution is 7.15. The van der Waals surface area contributed by atoms with Gasteiger partial charge in [0.2, 0.25) is 5.13 Å². The normalized spacial score (nSPS) is 12.6. The van der Waals surface area contributed by atoms with Crippen LogP contribution in [0.5, 0.6) is 0 Å². The lowest BCUT2D eigenvalue weighted by atomic mass is 10.0. The lowest BCUT2D eigenvalue weighted by molar-refractivity contribution is 0.314. The van der Waals surface area contributed by atoms with Crippen molar-refractivity contribution >= 4 is 45.4 Å². The standard InChI is InChI=1S/C19H23N7OS/c1-5-27-17(20)13(10-21-4)12-8-15-14(22-9-12)6-7-16(23-15)24-19-26-25-18(28-19)11(2)3/h6-11,13,20H,5H2,1-4H3,(H,23,24,26). The van der Waals surface area contributed by atoms with Gasteiger partial charge in [-0.1, -0.05) is 25.2 Å². The Morgan fingerprint density at radius 1 is 1.32 bits per heavy atom. The third kappa shape index (κ3) is 4.48. The predicted octanol–water partition coefficient (Wildman–Crippen LogP) is 4.15. The number of fused-ring (bicyclic) bond motifs is 1. The van der Waals surface area contributed by atoms with E-state index < -0.39 is 5.92 Å². The van der Waals surface area contributed by atoms with Crippen LogP contribution in [0.4, 0.5) is 10.9 Å². The first-order valence-corrected chi connectivity index (χ1v) is 9.84. The summed E-state index contributed by atoms with van der Waals surface area (Å²) in [6, 6.07) is 5.67. The molecule has 0 radical (unpaired) electrons. The number of aromatic nitrogens is 4. The van der Waals surface area contributed by atoms with Gasteiger partial charge in [0.15, 0.2) is 5.90 Å². The molecule has 9 heteroatoms. The summed E-state index contributed by atoms with van der Waals surface area (Å²) in [5, 5.41) is 21.4. The maximum Gasteiger partial charge on any atom is 0.211 e.